The predicted molar refractivity (Wildman–Crippen MR) is 188 cm³/mol. The molecule has 1 aliphatic carbocycles. The van der Waals surface area contributed by atoms with Gasteiger partial charge in [0.05, 0.1) is 12.0 Å². The second kappa shape index (κ2) is 10.1. The summed E-state index contributed by atoms with van der Waals surface area (Å²) in [5.74, 6) is -1.39. The molecule has 1 saturated carbocycles. The molecular formula is C41H45NO7. The first-order chi connectivity index (χ1) is 22.7. The Balaban J connectivity index is 1.60. The fraction of sp³-hybridized carbons (Fsp3) is 0.439. The Kier molecular flexibility index (Phi) is 6.80. The molecule has 0 radical (unpaired) electrons. The highest BCUT2D eigenvalue weighted by Crippen LogP contribution is 2.75. The van der Waals surface area contributed by atoms with Crippen molar-refractivity contribution in [1.82, 2.24) is 4.90 Å². The molecule has 0 bridgehead atoms. The Hall–Kier alpha value is -4.43. The van der Waals surface area contributed by atoms with Gasteiger partial charge >= 0.3 is 6.09 Å². The molecule has 4 aromatic carbocycles. The molecule has 256 valence electrons. The summed E-state index contributed by atoms with van der Waals surface area (Å²) in [7, 11) is 0. The van der Waals surface area contributed by atoms with Gasteiger partial charge in [-0.15, -0.1) is 0 Å². The zero-order valence-corrected chi connectivity index (χ0v) is 30.0. The summed E-state index contributed by atoms with van der Waals surface area (Å²) in [6.45, 7) is 19.4. The number of aromatic hydroxyl groups is 1. The first kappa shape index (κ1) is 33.1. The number of likely N-dealkylation sites (tertiary alicyclic amines) is 1. The number of Topliss-reactive ketones (excluding diaryl/α,β-unsaturated/α-hetero) is 2. The number of ether oxygens (including phenoxy) is 3. The van der Waals surface area contributed by atoms with E-state index in [4.69, 9.17) is 14.2 Å². The lowest BCUT2D eigenvalue weighted by Gasteiger charge is -2.63. The first-order valence-corrected chi connectivity index (χ1v) is 16.9. The van der Waals surface area contributed by atoms with Crippen LogP contribution < -0.4 is 4.74 Å². The van der Waals surface area contributed by atoms with Crippen molar-refractivity contribution in [3.8, 4) is 22.6 Å². The average molecular weight is 664 g/mol. The third-order valence-electron chi connectivity index (χ3n) is 10.8. The number of benzene rings is 4. The van der Waals surface area contributed by atoms with E-state index in [-0.39, 0.29) is 12.3 Å². The lowest BCUT2D eigenvalue weighted by molar-refractivity contribution is -0.191. The number of ketones is 2. The summed E-state index contributed by atoms with van der Waals surface area (Å²) in [6, 6.07) is 19.0. The highest BCUT2D eigenvalue weighted by atomic mass is 16.7. The summed E-state index contributed by atoms with van der Waals surface area (Å²) < 4.78 is 18.5. The quantitative estimate of drug-likeness (QED) is 0.214. The van der Waals surface area contributed by atoms with Crippen molar-refractivity contribution in [1.29, 1.82) is 0 Å². The van der Waals surface area contributed by atoms with Gasteiger partial charge in [0.2, 0.25) is 17.4 Å². The van der Waals surface area contributed by atoms with Crippen LogP contribution in [0.15, 0.2) is 60.7 Å². The van der Waals surface area contributed by atoms with Crippen molar-refractivity contribution in [2.45, 2.75) is 92.8 Å². The fourth-order valence-electron chi connectivity index (χ4n) is 9.56. The monoisotopic (exact) mass is 663 g/mol. The fourth-order valence-corrected chi connectivity index (χ4v) is 9.56. The minimum absolute atomic E-state index is 0.0300. The Morgan fingerprint density at radius 2 is 1.51 bits per heavy atom. The third-order valence-corrected chi connectivity index (χ3v) is 10.8. The number of nitrogens with zero attached hydrogens (tertiary/aromatic N) is 1. The Morgan fingerprint density at radius 3 is 2.18 bits per heavy atom. The van der Waals surface area contributed by atoms with Gasteiger partial charge in [-0.1, -0.05) is 83.1 Å². The summed E-state index contributed by atoms with van der Waals surface area (Å²) in [4.78, 5) is 44.7. The predicted octanol–water partition coefficient (Wildman–Crippen LogP) is 8.67. The van der Waals surface area contributed by atoms with Gasteiger partial charge in [0.15, 0.2) is 5.54 Å². The lowest BCUT2D eigenvalue weighted by atomic mass is 9.36. The van der Waals surface area contributed by atoms with Gasteiger partial charge in [-0.25, -0.2) is 4.79 Å². The number of carbonyl (C=O) groups is 3. The second-order valence-corrected chi connectivity index (χ2v) is 16.9. The van der Waals surface area contributed by atoms with Crippen LogP contribution in [0.3, 0.4) is 0 Å². The molecule has 2 atom stereocenters. The molecule has 2 heterocycles. The molecular weight excluding hydrogens is 618 g/mol. The van der Waals surface area contributed by atoms with E-state index in [1.165, 1.54) is 4.90 Å². The van der Waals surface area contributed by atoms with Crippen molar-refractivity contribution >= 4 is 39.2 Å². The second-order valence-electron chi connectivity index (χ2n) is 16.9. The maximum atomic E-state index is 14.6. The molecule has 2 unspecified atom stereocenters. The molecule has 49 heavy (non-hydrogen) atoms. The van der Waals surface area contributed by atoms with Crippen LogP contribution in [-0.4, -0.2) is 45.6 Å². The van der Waals surface area contributed by atoms with E-state index < -0.39 is 50.8 Å². The highest BCUT2D eigenvalue weighted by Gasteiger charge is 2.88. The van der Waals surface area contributed by atoms with E-state index in [0.29, 0.717) is 39.8 Å². The molecule has 0 aromatic heterocycles. The molecule has 8 nitrogen and oxygen atoms in total. The normalized spacial score (nSPS) is 24.3. The van der Waals surface area contributed by atoms with Crippen molar-refractivity contribution in [2.24, 2.45) is 16.2 Å². The van der Waals surface area contributed by atoms with Crippen LogP contribution in [0.5, 0.6) is 11.5 Å². The van der Waals surface area contributed by atoms with E-state index in [0.717, 1.165) is 16.3 Å². The van der Waals surface area contributed by atoms with Crippen molar-refractivity contribution in [3.63, 3.8) is 0 Å². The molecule has 1 amide bonds. The van der Waals surface area contributed by atoms with Gasteiger partial charge < -0.3 is 19.3 Å². The number of carbonyl (C=O) groups excluding carboxylic acids is 3. The van der Waals surface area contributed by atoms with Crippen LogP contribution in [0.4, 0.5) is 4.79 Å². The van der Waals surface area contributed by atoms with Crippen LogP contribution in [0.1, 0.15) is 80.4 Å². The minimum Gasteiger partial charge on any atom is -0.507 e. The third kappa shape index (κ3) is 4.22. The molecule has 0 spiro atoms. The number of amides is 1. The van der Waals surface area contributed by atoms with Crippen molar-refractivity contribution in [2.75, 3.05) is 6.54 Å². The SMILES string of the molecule is CC(C)(C)OC(=O)N1CC(C)(C)C2(C(C)(C)C)C(=O)C(=O)C12c1cccc2c(-c3c4c(cc5ccccc35)COC(C)(C)O4)c(O)ccc12. The van der Waals surface area contributed by atoms with Crippen LogP contribution in [0, 0.1) is 16.2 Å². The molecule has 7 rings (SSSR count). The van der Waals surface area contributed by atoms with Gasteiger partial charge in [0.25, 0.3) is 0 Å². The minimum atomic E-state index is -1.66. The topological polar surface area (TPSA) is 102 Å². The molecule has 1 N–H and O–H groups in total. The smallest absolute Gasteiger partial charge is 0.411 e. The van der Waals surface area contributed by atoms with Gasteiger partial charge in [0, 0.05) is 37.1 Å². The van der Waals surface area contributed by atoms with Gasteiger partial charge in [-0.3, -0.25) is 14.5 Å². The van der Waals surface area contributed by atoms with Crippen LogP contribution in [-0.2, 0) is 31.2 Å². The van der Waals surface area contributed by atoms with Crippen LogP contribution >= 0.6 is 0 Å². The number of fused-ring (bicyclic) bond motifs is 4. The van der Waals surface area contributed by atoms with E-state index in [2.05, 4.69) is 0 Å². The Morgan fingerprint density at radius 1 is 0.837 bits per heavy atom. The van der Waals surface area contributed by atoms with E-state index in [1.54, 1.807) is 32.9 Å². The largest absolute Gasteiger partial charge is 0.507 e. The maximum Gasteiger partial charge on any atom is 0.411 e. The van der Waals surface area contributed by atoms with Gasteiger partial charge in [-0.05, 0) is 70.8 Å². The number of phenols is 1. The average Bonchev–Trinajstić information content (AvgIpc) is 3.21. The van der Waals surface area contributed by atoms with Crippen molar-refractivity contribution in [3.05, 3.63) is 71.8 Å². The maximum absolute atomic E-state index is 14.6. The standard InChI is InChI=1S/C41H45NO7/c1-36(2,3)41-34(45)33(44)40(41,42(22-38(41,7)8)35(46)49-37(4,5)6)28-17-13-16-27-26(28)18-19-29(43)30(27)31-25-15-12-11-14-23(25)20-24-21-47-39(9,10)48-32(24)31/h11-20,43H,21-22H2,1-10H3. The zero-order chi connectivity index (χ0) is 35.7. The molecule has 2 aliphatic heterocycles. The Labute approximate surface area is 287 Å². The number of hydrogen-bond acceptors (Lipinski definition) is 7. The number of hydrogen-bond donors (Lipinski definition) is 1. The molecule has 2 fully saturated rings. The van der Waals surface area contributed by atoms with Crippen molar-refractivity contribution < 1.29 is 33.7 Å². The summed E-state index contributed by atoms with van der Waals surface area (Å²) >= 11 is 0. The number of rotatable bonds is 2. The van der Waals surface area contributed by atoms with E-state index in [9.17, 15) is 19.5 Å². The van der Waals surface area contributed by atoms with Crippen LogP contribution in [0.2, 0.25) is 0 Å². The zero-order valence-electron chi connectivity index (χ0n) is 30.0. The van der Waals surface area contributed by atoms with E-state index in [1.807, 2.05) is 97.0 Å². The summed E-state index contributed by atoms with van der Waals surface area (Å²) in [5.41, 5.74) is -2.71. The molecule has 3 aliphatic rings. The molecule has 4 aromatic rings. The molecule has 8 heteroatoms. The summed E-state index contributed by atoms with van der Waals surface area (Å²) in [6.07, 6.45) is -0.651. The lowest BCUT2D eigenvalue weighted by Crippen LogP contribution is -2.79. The van der Waals surface area contributed by atoms with Crippen LogP contribution in [0.25, 0.3) is 32.7 Å². The van der Waals surface area contributed by atoms with E-state index >= 15 is 0 Å². The highest BCUT2D eigenvalue weighted by molar-refractivity contribution is 6.52. The Bertz CT molecular complexity index is 2110. The van der Waals surface area contributed by atoms with Gasteiger partial charge in [-0.2, -0.15) is 0 Å². The molecule has 1 saturated heterocycles. The number of phenolic OH excluding ortho intramolecular Hbond substituents is 1. The first-order valence-electron chi connectivity index (χ1n) is 16.9. The van der Waals surface area contributed by atoms with Gasteiger partial charge in [0.1, 0.15) is 17.1 Å². The summed E-state index contributed by atoms with van der Waals surface area (Å²) in [5, 5.41) is 14.9.